The van der Waals surface area contributed by atoms with Crippen LogP contribution in [0.25, 0.3) is 0 Å². The molecule has 0 unspecified atom stereocenters. The summed E-state index contributed by atoms with van der Waals surface area (Å²) in [6.45, 7) is 4.69. The van der Waals surface area contributed by atoms with E-state index in [9.17, 15) is 18.0 Å². The molecule has 0 amide bonds. The Hall–Kier alpha value is -1.09. The van der Waals surface area contributed by atoms with E-state index in [4.69, 9.17) is 0 Å². The van der Waals surface area contributed by atoms with Crippen molar-refractivity contribution in [2.45, 2.75) is 32.1 Å². The van der Waals surface area contributed by atoms with Crippen molar-refractivity contribution in [3.05, 3.63) is 21.0 Å². The van der Waals surface area contributed by atoms with Crippen LogP contribution in [-0.2, 0) is 6.54 Å². The van der Waals surface area contributed by atoms with Crippen LogP contribution >= 0.6 is 15.9 Å². The number of alkyl halides is 3. The van der Waals surface area contributed by atoms with Crippen molar-refractivity contribution in [1.29, 1.82) is 0 Å². The van der Waals surface area contributed by atoms with E-state index in [-0.39, 0.29) is 10.0 Å². The lowest BCUT2D eigenvalue weighted by atomic mass is 9.99. The Morgan fingerprint density at radius 2 is 2.14 bits per heavy atom. The zero-order chi connectivity index (χ0) is 15.8. The van der Waals surface area contributed by atoms with Gasteiger partial charge in [0.2, 0.25) is 0 Å². The molecular formula is C12H16BrF3N4O. The first kappa shape index (κ1) is 16.3. The molecule has 0 aromatic carbocycles. The van der Waals surface area contributed by atoms with E-state index in [0.717, 1.165) is 6.54 Å². The summed E-state index contributed by atoms with van der Waals surface area (Å²) in [5.74, 6) is 0. The van der Waals surface area contributed by atoms with Gasteiger partial charge in [-0.05, 0) is 29.8 Å². The Morgan fingerprint density at radius 3 is 2.71 bits per heavy atom. The van der Waals surface area contributed by atoms with Crippen molar-refractivity contribution in [1.82, 2.24) is 15.1 Å². The van der Waals surface area contributed by atoms with Crippen LogP contribution in [-0.4, -0.2) is 41.1 Å². The van der Waals surface area contributed by atoms with Gasteiger partial charge in [-0.15, -0.1) is 0 Å². The molecular weight excluding hydrogens is 353 g/mol. The van der Waals surface area contributed by atoms with Crippen LogP contribution in [0.2, 0.25) is 0 Å². The smallest absolute Gasteiger partial charge is 0.361 e. The monoisotopic (exact) mass is 368 g/mol. The lowest BCUT2D eigenvalue weighted by Gasteiger charge is -2.44. The van der Waals surface area contributed by atoms with Gasteiger partial charge in [-0.1, -0.05) is 0 Å². The molecule has 1 saturated heterocycles. The maximum absolute atomic E-state index is 12.4. The number of nitrogens with zero attached hydrogens (tertiary/aromatic N) is 3. The molecule has 1 aromatic rings. The third-order valence-electron chi connectivity index (χ3n) is 3.39. The highest BCUT2D eigenvalue weighted by atomic mass is 79.9. The molecule has 1 fully saturated rings. The second-order valence-electron chi connectivity index (χ2n) is 5.56. The molecule has 2 heterocycles. The van der Waals surface area contributed by atoms with Crippen molar-refractivity contribution in [3.63, 3.8) is 0 Å². The standard InChI is InChI=1S/C12H16BrF3N4O/c1-11(2)6-17-3-4-19(11)8-5-18-20(7-12(14,15)16)10(21)9(8)13/h5,17H,3-4,6-7H2,1-2H3. The largest absolute Gasteiger partial charge is 0.408 e. The highest BCUT2D eigenvalue weighted by Gasteiger charge is 2.33. The molecule has 21 heavy (non-hydrogen) atoms. The van der Waals surface area contributed by atoms with Gasteiger partial charge in [-0.2, -0.15) is 18.3 Å². The lowest BCUT2D eigenvalue weighted by molar-refractivity contribution is -0.143. The topological polar surface area (TPSA) is 50.2 Å². The van der Waals surface area contributed by atoms with E-state index in [0.29, 0.717) is 23.5 Å². The fourth-order valence-corrected chi connectivity index (χ4v) is 2.88. The second kappa shape index (κ2) is 5.60. The molecule has 9 heteroatoms. The predicted octanol–water partition coefficient (Wildman–Crippen LogP) is 1.76. The van der Waals surface area contributed by atoms with Gasteiger partial charge in [-0.25, -0.2) is 4.68 Å². The number of hydrogen-bond acceptors (Lipinski definition) is 4. The van der Waals surface area contributed by atoms with E-state index in [1.165, 1.54) is 6.20 Å². The number of nitrogens with one attached hydrogen (secondary N) is 1. The number of anilines is 1. The van der Waals surface area contributed by atoms with Gasteiger partial charge in [0.05, 0.1) is 11.9 Å². The van der Waals surface area contributed by atoms with Crippen LogP contribution in [0.3, 0.4) is 0 Å². The summed E-state index contributed by atoms with van der Waals surface area (Å²) in [6.07, 6.45) is -3.17. The van der Waals surface area contributed by atoms with E-state index in [1.54, 1.807) is 0 Å². The fraction of sp³-hybridized carbons (Fsp3) is 0.667. The first-order valence-corrected chi connectivity index (χ1v) is 7.22. The first-order chi connectivity index (χ1) is 9.62. The maximum atomic E-state index is 12.4. The van der Waals surface area contributed by atoms with E-state index in [2.05, 4.69) is 26.3 Å². The Morgan fingerprint density at radius 1 is 1.48 bits per heavy atom. The molecule has 0 saturated carbocycles. The SMILES string of the molecule is CC1(C)CNCCN1c1cnn(CC(F)(F)F)c(=O)c1Br. The van der Waals surface area contributed by atoms with Crippen molar-refractivity contribution in [2.24, 2.45) is 0 Å². The van der Waals surface area contributed by atoms with Crippen molar-refractivity contribution in [2.75, 3.05) is 24.5 Å². The number of piperazine rings is 1. The molecule has 0 aliphatic carbocycles. The van der Waals surface area contributed by atoms with Gasteiger partial charge in [-0.3, -0.25) is 4.79 Å². The molecule has 0 spiro atoms. The lowest BCUT2D eigenvalue weighted by Crippen LogP contribution is -2.58. The third-order valence-corrected chi connectivity index (χ3v) is 4.13. The molecule has 2 rings (SSSR count). The average Bonchev–Trinajstić information content (AvgIpc) is 2.34. The van der Waals surface area contributed by atoms with Crippen molar-refractivity contribution >= 4 is 21.6 Å². The van der Waals surface area contributed by atoms with E-state index in [1.807, 2.05) is 18.7 Å². The summed E-state index contributed by atoms with van der Waals surface area (Å²) in [5.41, 5.74) is -0.519. The van der Waals surface area contributed by atoms with Gasteiger partial charge in [0.15, 0.2) is 0 Å². The number of hydrogen-bond donors (Lipinski definition) is 1. The summed E-state index contributed by atoms with van der Waals surface area (Å²) in [5, 5.41) is 6.90. The number of rotatable bonds is 2. The summed E-state index contributed by atoms with van der Waals surface area (Å²) >= 11 is 3.12. The molecule has 1 aliphatic rings. The van der Waals surface area contributed by atoms with Crippen LogP contribution in [0.1, 0.15) is 13.8 Å². The summed E-state index contributed by atoms with van der Waals surface area (Å²) in [4.78, 5) is 14.0. The zero-order valence-electron chi connectivity index (χ0n) is 11.7. The van der Waals surface area contributed by atoms with Crippen LogP contribution in [0.15, 0.2) is 15.5 Å². The minimum atomic E-state index is -4.48. The van der Waals surface area contributed by atoms with Crippen LogP contribution < -0.4 is 15.8 Å². The second-order valence-corrected chi connectivity index (χ2v) is 6.36. The fourth-order valence-electron chi connectivity index (χ4n) is 2.36. The molecule has 1 N–H and O–H groups in total. The molecule has 0 bridgehead atoms. The minimum absolute atomic E-state index is 0.108. The highest BCUT2D eigenvalue weighted by molar-refractivity contribution is 9.10. The van der Waals surface area contributed by atoms with Crippen molar-refractivity contribution in [3.8, 4) is 0 Å². The first-order valence-electron chi connectivity index (χ1n) is 6.42. The Labute approximate surface area is 128 Å². The Kier molecular flexibility index (Phi) is 4.34. The van der Waals surface area contributed by atoms with Crippen molar-refractivity contribution < 1.29 is 13.2 Å². The normalized spacial score (nSPS) is 18.9. The predicted molar refractivity (Wildman–Crippen MR) is 76.5 cm³/mol. The average molecular weight is 369 g/mol. The maximum Gasteiger partial charge on any atom is 0.408 e. The summed E-state index contributed by atoms with van der Waals surface area (Å²) in [6, 6.07) is 0. The molecule has 1 aromatic heterocycles. The van der Waals surface area contributed by atoms with Gasteiger partial charge >= 0.3 is 6.18 Å². The van der Waals surface area contributed by atoms with Crippen LogP contribution in [0.4, 0.5) is 18.9 Å². The summed E-state index contributed by atoms with van der Waals surface area (Å²) in [7, 11) is 0. The molecule has 5 nitrogen and oxygen atoms in total. The third kappa shape index (κ3) is 3.57. The summed E-state index contributed by atoms with van der Waals surface area (Å²) < 4.78 is 37.7. The van der Waals surface area contributed by atoms with E-state index >= 15 is 0 Å². The quantitative estimate of drug-likeness (QED) is 0.863. The van der Waals surface area contributed by atoms with E-state index < -0.39 is 18.3 Å². The molecule has 118 valence electrons. The Balaban J connectivity index is 2.39. The van der Waals surface area contributed by atoms with Gasteiger partial charge in [0.25, 0.3) is 5.56 Å². The Bertz CT molecular complexity index is 585. The molecule has 0 radical (unpaired) electrons. The highest BCUT2D eigenvalue weighted by Crippen LogP contribution is 2.29. The van der Waals surface area contributed by atoms with Gasteiger partial charge in [0, 0.05) is 25.2 Å². The molecule has 1 aliphatic heterocycles. The van der Waals surface area contributed by atoms with Crippen LogP contribution in [0.5, 0.6) is 0 Å². The molecule has 0 atom stereocenters. The number of aromatic nitrogens is 2. The van der Waals surface area contributed by atoms with Crippen LogP contribution in [0, 0.1) is 0 Å². The number of halogens is 4. The zero-order valence-corrected chi connectivity index (χ0v) is 13.3. The van der Waals surface area contributed by atoms with Gasteiger partial charge < -0.3 is 10.2 Å². The van der Waals surface area contributed by atoms with Gasteiger partial charge in [0.1, 0.15) is 11.0 Å². The minimum Gasteiger partial charge on any atom is -0.361 e.